The Morgan fingerprint density at radius 2 is 1.33 bits per heavy atom. The maximum atomic E-state index is 12.7. The summed E-state index contributed by atoms with van der Waals surface area (Å²) in [6.45, 7) is 1.44. The second-order valence-corrected chi connectivity index (χ2v) is 6.68. The Bertz CT molecular complexity index is 895. The summed E-state index contributed by atoms with van der Waals surface area (Å²) in [5.41, 5.74) is 7.63. The molecule has 8 heteroatoms. The molecular weight excluding hydrogens is 388 g/mol. The molecule has 0 aliphatic carbocycles. The number of amides is 2. The van der Waals surface area contributed by atoms with E-state index in [1.807, 2.05) is 30.3 Å². The first kappa shape index (κ1) is 22.6. The fourth-order valence-corrected chi connectivity index (χ4v) is 3.10. The van der Waals surface area contributed by atoms with E-state index in [4.69, 9.17) is 5.73 Å². The largest absolute Gasteiger partial charge is 0.468 e. The van der Waals surface area contributed by atoms with Crippen LogP contribution in [-0.4, -0.2) is 44.0 Å². The van der Waals surface area contributed by atoms with Crippen LogP contribution in [0.4, 0.5) is 0 Å². The number of primary amides is 1. The lowest BCUT2D eigenvalue weighted by Gasteiger charge is -2.26. The SMILES string of the molecule is COC(=O)C(C(=O)OC)[C@@H](C)[C@H](NC(=O)c1ccc(-c2ccccc2)cc1)C(N)=O. The van der Waals surface area contributed by atoms with Gasteiger partial charge in [-0.1, -0.05) is 49.4 Å². The van der Waals surface area contributed by atoms with Crippen molar-refractivity contribution < 1.29 is 28.7 Å². The summed E-state index contributed by atoms with van der Waals surface area (Å²) < 4.78 is 9.25. The van der Waals surface area contributed by atoms with Crippen molar-refractivity contribution in [1.29, 1.82) is 0 Å². The zero-order valence-corrected chi connectivity index (χ0v) is 17.0. The van der Waals surface area contributed by atoms with Gasteiger partial charge in [-0.25, -0.2) is 0 Å². The van der Waals surface area contributed by atoms with E-state index < -0.39 is 41.6 Å². The van der Waals surface area contributed by atoms with E-state index in [1.165, 1.54) is 6.92 Å². The van der Waals surface area contributed by atoms with Crippen molar-refractivity contribution in [2.45, 2.75) is 13.0 Å². The fraction of sp³-hybridized carbons (Fsp3) is 0.273. The van der Waals surface area contributed by atoms with Crippen LogP contribution in [0.5, 0.6) is 0 Å². The van der Waals surface area contributed by atoms with Crippen LogP contribution in [0.15, 0.2) is 54.6 Å². The van der Waals surface area contributed by atoms with Crippen molar-refractivity contribution in [2.75, 3.05) is 14.2 Å². The van der Waals surface area contributed by atoms with Gasteiger partial charge in [0.2, 0.25) is 5.91 Å². The van der Waals surface area contributed by atoms with Crippen LogP contribution in [-0.2, 0) is 23.9 Å². The number of rotatable bonds is 8. The van der Waals surface area contributed by atoms with Gasteiger partial charge in [-0.05, 0) is 23.3 Å². The third-order valence-electron chi connectivity index (χ3n) is 4.81. The van der Waals surface area contributed by atoms with Crippen LogP contribution >= 0.6 is 0 Å². The number of methoxy groups -OCH3 is 2. The number of hydrogen-bond acceptors (Lipinski definition) is 6. The summed E-state index contributed by atoms with van der Waals surface area (Å²) in [5.74, 6) is -5.65. The van der Waals surface area contributed by atoms with E-state index in [0.717, 1.165) is 25.3 Å². The van der Waals surface area contributed by atoms with Crippen molar-refractivity contribution in [3.05, 3.63) is 60.2 Å². The van der Waals surface area contributed by atoms with Gasteiger partial charge in [0.1, 0.15) is 6.04 Å². The van der Waals surface area contributed by atoms with E-state index in [1.54, 1.807) is 24.3 Å². The Kier molecular flexibility index (Phi) is 7.69. The molecule has 0 spiro atoms. The highest BCUT2D eigenvalue weighted by atomic mass is 16.5. The van der Waals surface area contributed by atoms with Crippen LogP contribution in [0.1, 0.15) is 17.3 Å². The molecule has 0 saturated carbocycles. The maximum Gasteiger partial charge on any atom is 0.320 e. The summed E-state index contributed by atoms with van der Waals surface area (Å²) in [6.07, 6.45) is 0. The topological polar surface area (TPSA) is 125 Å². The third kappa shape index (κ3) is 5.22. The molecule has 0 radical (unpaired) electrons. The van der Waals surface area contributed by atoms with Crippen molar-refractivity contribution in [1.82, 2.24) is 5.32 Å². The van der Waals surface area contributed by atoms with Crippen LogP contribution in [0, 0.1) is 11.8 Å². The average Bonchev–Trinajstić information content (AvgIpc) is 2.77. The zero-order valence-electron chi connectivity index (χ0n) is 17.0. The first-order valence-corrected chi connectivity index (χ1v) is 9.21. The molecule has 2 rings (SSSR count). The number of nitrogens with one attached hydrogen (secondary N) is 1. The average molecular weight is 412 g/mol. The van der Waals surface area contributed by atoms with Gasteiger partial charge >= 0.3 is 11.9 Å². The number of nitrogens with two attached hydrogens (primary N) is 1. The van der Waals surface area contributed by atoms with Gasteiger partial charge in [-0.3, -0.25) is 19.2 Å². The normalized spacial score (nSPS) is 12.5. The lowest BCUT2D eigenvalue weighted by Crippen LogP contribution is -2.52. The van der Waals surface area contributed by atoms with Crippen LogP contribution in [0.3, 0.4) is 0 Å². The lowest BCUT2D eigenvalue weighted by atomic mass is 9.86. The molecule has 0 fully saturated rings. The van der Waals surface area contributed by atoms with E-state index in [2.05, 4.69) is 14.8 Å². The van der Waals surface area contributed by atoms with Crippen LogP contribution in [0.2, 0.25) is 0 Å². The molecule has 0 unspecified atom stereocenters. The summed E-state index contributed by atoms with van der Waals surface area (Å²) in [4.78, 5) is 48.7. The van der Waals surface area contributed by atoms with E-state index in [9.17, 15) is 19.2 Å². The van der Waals surface area contributed by atoms with Crippen molar-refractivity contribution in [3.63, 3.8) is 0 Å². The molecule has 2 amide bonds. The van der Waals surface area contributed by atoms with Gasteiger partial charge in [0.05, 0.1) is 14.2 Å². The molecule has 3 N–H and O–H groups in total. The number of hydrogen-bond donors (Lipinski definition) is 2. The number of carbonyl (C=O) groups is 4. The Balaban J connectivity index is 2.21. The number of ether oxygens (including phenoxy) is 2. The molecule has 2 atom stereocenters. The maximum absolute atomic E-state index is 12.7. The lowest BCUT2D eigenvalue weighted by molar-refractivity contribution is -0.161. The van der Waals surface area contributed by atoms with Gasteiger partial charge in [-0.2, -0.15) is 0 Å². The number of esters is 2. The highest BCUT2D eigenvalue weighted by Gasteiger charge is 2.41. The second kappa shape index (κ2) is 10.2. The quantitative estimate of drug-likeness (QED) is 0.500. The third-order valence-corrected chi connectivity index (χ3v) is 4.81. The second-order valence-electron chi connectivity index (χ2n) is 6.68. The minimum atomic E-state index is -1.42. The van der Waals surface area contributed by atoms with Crippen molar-refractivity contribution in [2.24, 2.45) is 17.6 Å². The molecule has 0 saturated heterocycles. The Labute approximate surface area is 174 Å². The smallest absolute Gasteiger partial charge is 0.320 e. The van der Waals surface area contributed by atoms with Gasteiger partial charge in [0.25, 0.3) is 5.91 Å². The van der Waals surface area contributed by atoms with Crippen LogP contribution < -0.4 is 11.1 Å². The van der Waals surface area contributed by atoms with Gasteiger partial charge < -0.3 is 20.5 Å². The summed E-state index contributed by atoms with van der Waals surface area (Å²) in [6, 6.07) is 15.1. The van der Waals surface area contributed by atoms with Gasteiger partial charge in [-0.15, -0.1) is 0 Å². The molecule has 2 aromatic rings. The molecule has 30 heavy (non-hydrogen) atoms. The Morgan fingerprint density at radius 1 is 0.833 bits per heavy atom. The zero-order chi connectivity index (χ0) is 22.3. The molecular formula is C22H24N2O6. The van der Waals surface area contributed by atoms with Gasteiger partial charge in [0, 0.05) is 11.5 Å². The monoisotopic (exact) mass is 412 g/mol. The highest BCUT2D eigenvalue weighted by molar-refractivity contribution is 5.99. The van der Waals surface area contributed by atoms with E-state index in [-0.39, 0.29) is 0 Å². The first-order chi connectivity index (χ1) is 14.3. The van der Waals surface area contributed by atoms with E-state index >= 15 is 0 Å². The summed E-state index contributed by atoms with van der Waals surface area (Å²) in [7, 11) is 2.22. The molecule has 2 aromatic carbocycles. The van der Waals surface area contributed by atoms with Crippen LogP contribution in [0.25, 0.3) is 11.1 Å². The van der Waals surface area contributed by atoms with E-state index in [0.29, 0.717) is 5.56 Å². The predicted octanol–water partition coefficient (Wildman–Crippen LogP) is 1.54. The minimum Gasteiger partial charge on any atom is -0.468 e. The molecule has 0 aliphatic heterocycles. The number of carbonyl (C=O) groups excluding carboxylic acids is 4. The minimum absolute atomic E-state index is 0.292. The summed E-state index contributed by atoms with van der Waals surface area (Å²) >= 11 is 0. The van der Waals surface area contributed by atoms with Crippen molar-refractivity contribution in [3.8, 4) is 11.1 Å². The molecule has 0 aliphatic rings. The standard InChI is InChI=1S/C22H24N2O6/c1-13(17(21(27)29-2)22(28)30-3)18(19(23)25)24-20(26)16-11-9-15(10-12-16)14-7-5-4-6-8-14/h4-13,17-18H,1-3H3,(H2,23,25)(H,24,26)/t13-,18+/m1/s1. The molecule has 0 heterocycles. The Morgan fingerprint density at radius 3 is 1.80 bits per heavy atom. The molecule has 0 aromatic heterocycles. The molecule has 158 valence electrons. The van der Waals surface area contributed by atoms with Gasteiger partial charge in [0.15, 0.2) is 5.92 Å². The van der Waals surface area contributed by atoms with Crippen molar-refractivity contribution >= 4 is 23.8 Å². The molecule has 0 bridgehead atoms. The number of benzene rings is 2. The predicted molar refractivity (Wildman–Crippen MR) is 109 cm³/mol. The summed E-state index contributed by atoms with van der Waals surface area (Å²) in [5, 5.41) is 2.50. The fourth-order valence-electron chi connectivity index (χ4n) is 3.10. The molecule has 8 nitrogen and oxygen atoms in total. The highest BCUT2D eigenvalue weighted by Crippen LogP contribution is 2.21. The first-order valence-electron chi connectivity index (χ1n) is 9.21. The Hall–Kier alpha value is -3.68.